The van der Waals surface area contributed by atoms with E-state index in [1.54, 1.807) is 16.0 Å². The SMILES string of the molecule is Cc1cc(C)n(CC(=O)NCC(c2cccs2)N2CCOCC2)n1. The second-order valence-corrected chi connectivity index (χ2v) is 7.05. The Balaban J connectivity index is 1.60. The van der Waals surface area contributed by atoms with Crippen molar-refractivity contribution in [3.63, 3.8) is 0 Å². The molecule has 0 bridgehead atoms. The number of ether oxygens (including phenoxy) is 1. The van der Waals surface area contributed by atoms with Crippen molar-refractivity contribution in [2.75, 3.05) is 32.8 Å². The lowest BCUT2D eigenvalue weighted by atomic mass is 10.2. The van der Waals surface area contributed by atoms with Crippen LogP contribution < -0.4 is 5.32 Å². The fourth-order valence-corrected chi connectivity index (χ4v) is 3.88. The molecule has 1 unspecified atom stereocenters. The Kier molecular flexibility index (Phi) is 5.65. The first-order valence-corrected chi connectivity index (χ1v) is 9.14. The second kappa shape index (κ2) is 7.92. The number of thiophene rings is 1. The molecule has 0 saturated carbocycles. The molecule has 1 saturated heterocycles. The fraction of sp³-hybridized carbons (Fsp3) is 0.529. The molecule has 24 heavy (non-hydrogen) atoms. The van der Waals surface area contributed by atoms with Crippen LogP contribution in [0.25, 0.3) is 0 Å². The van der Waals surface area contributed by atoms with Gasteiger partial charge in [0.1, 0.15) is 6.54 Å². The predicted octanol–water partition coefficient (Wildman–Crippen LogP) is 1.75. The lowest BCUT2D eigenvalue weighted by Crippen LogP contribution is -2.44. The summed E-state index contributed by atoms with van der Waals surface area (Å²) >= 11 is 1.73. The number of hydrogen-bond donors (Lipinski definition) is 1. The Morgan fingerprint density at radius 2 is 2.21 bits per heavy atom. The van der Waals surface area contributed by atoms with Crippen molar-refractivity contribution in [1.82, 2.24) is 20.0 Å². The molecule has 3 rings (SSSR count). The van der Waals surface area contributed by atoms with Crippen molar-refractivity contribution < 1.29 is 9.53 Å². The van der Waals surface area contributed by atoms with E-state index < -0.39 is 0 Å². The highest BCUT2D eigenvalue weighted by Gasteiger charge is 2.24. The van der Waals surface area contributed by atoms with Gasteiger partial charge in [-0.15, -0.1) is 11.3 Å². The van der Waals surface area contributed by atoms with Crippen LogP contribution in [0.3, 0.4) is 0 Å². The maximum Gasteiger partial charge on any atom is 0.241 e. The van der Waals surface area contributed by atoms with Crippen LogP contribution in [-0.2, 0) is 16.1 Å². The number of carbonyl (C=O) groups is 1. The average Bonchev–Trinajstić information content (AvgIpc) is 3.19. The van der Waals surface area contributed by atoms with Gasteiger partial charge in [0.25, 0.3) is 0 Å². The van der Waals surface area contributed by atoms with Crippen LogP contribution in [0.15, 0.2) is 23.6 Å². The average molecular weight is 348 g/mol. The van der Waals surface area contributed by atoms with Gasteiger partial charge in [-0.05, 0) is 31.4 Å². The van der Waals surface area contributed by atoms with Crippen molar-refractivity contribution >= 4 is 17.2 Å². The number of amides is 1. The summed E-state index contributed by atoms with van der Waals surface area (Å²) in [5, 5.41) is 9.51. The number of nitrogens with zero attached hydrogens (tertiary/aromatic N) is 3. The van der Waals surface area contributed by atoms with Crippen LogP contribution in [-0.4, -0.2) is 53.4 Å². The van der Waals surface area contributed by atoms with E-state index >= 15 is 0 Å². The highest BCUT2D eigenvalue weighted by molar-refractivity contribution is 7.10. The van der Waals surface area contributed by atoms with Crippen molar-refractivity contribution in [2.24, 2.45) is 0 Å². The first kappa shape index (κ1) is 17.1. The van der Waals surface area contributed by atoms with Gasteiger partial charge in [-0.3, -0.25) is 14.4 Å². The van der Waals surface area contributed by atoms with Crippen LogP contribution in [0.1, 0.15) is 22.3 Å². The molecule has 1 fully saturated rings. The number of rotatable bonds is 6. The van der Waals surface area contributed by atoms with Crippen LogP contribution in [0, 0.1) is 13.8 Å². The third-order valence-electron chi connectivity index (χ3n) is 4.25. The van der Waals surface area contributed by atoms with Gasteiger partial charge >= 0.3 is 0 Å². The van der Waals surface area contributed by atoms with E-state index in [0.29, 0.717) is 6.54 Å². The molecule has 7 heteroatoms. The third kappa shape index (κ3) is 4.23. The zero-order chi connectivity index (χ0) is 16.9. The summed E-state index contributed by atoms with van der Waals surface area (Å²) in [7, 11) is 0. The first-order valence-electron chi connectivity index (χ1n) is 8.26. The minimum Gasteiger partial charge on any atom is -0.379 e. The molecular weight excluding hydrogens is 324 g/mol. The van der Waals surface area contributed by atoms with E-state index in [4.69, 9.17) is 4.74 Å². The zero-order valence-electron chi connectivity index (χ0n) is 14.2. The highest BCUT2D eigenvalue weighted by atomic mass is 32.1. The van der Waals surface area contributed by atoms with Gasteiger partial charge in [-0.1, -0.05) is 6.07 Å². The molecule has 1 aliphatic heterocycles. The first-order chi connectivity index (χ1) is 11.6. The van der Waals surface area contributed by atoms with Gasteiger partial charge in [-0.2, -0.15) is 5.10 Å². The summed E-state index contributed by atoms with van der Waals surface area (Å²) in [6.07, 6.45) is 0. The molecule has 1 aliphatic rings. The summed E-state index contributed by atoms with van der Waals surface area (Å²) in [4.78, 5) is 16.0. The van der Waals surface area contributed by atoms with Crippen LogP contribution >= 0.6 is 11.3 Å². The molecule has 0 aromatic carbocycles. The van der Waals surface area contributed by atoms with Gasteiger partial charge < -0.3 is 10.1 Å². The minimum atomic E-state index is -0.00369. The number of morpholine rings is 1. The molecular formula is C17H24N4O2S. The molecule has 1 atom stereocenters. The van der Waals surface area contributed by atoms with E-state index in [1.807, 2.05) is 19.9 Å². The van der Waals surface area contributed by atoms with Crippen molar-refractivity contribution in [1.29, 1.82) is 0 Å². The standard InChI is InChI=1S/C17H24N4O2S/c1-13-10-14(2)21(19-13)12-17(22)18-11-15(16-4-3-9-24-16)20-5-7-23-8-6-20/h3-4,9-10,15H,5-8,11-12H2,1-2H3,(H,18,22). The van der Waals surface area contributed by atoms with E-state index in [2.05, 4.69) is 32.8 Å². The summed E-state index contributed by atoms with van der Waals surface area (Å²) in [6.45, 7) is 8.08. The van der Waals surface area contributed by atoms with Gasteiger partial charge in [0.05, 0.1) is 24.9 Å². The molecule has 0 radical (unpaired) electrons. The summed E-state index contributed by atoms with van der Waals surface area (Å²) in [5.74, 6) is -0.00369. The maximum absolute atomic E-state index is 12.3. The molecule has 0 spiro atoms. The number of carbonyl (C=O) groups excluding carboxylic acids is 1. The molecule has 0 aliphatic carbocycles. The second-order valence-electron chi connectivity index (χ2n) is 6.07. The lowest BCUT2D eigenvalue weighted by Gasteiger charge is -2.34. The van der Waals surface area contributed by atoms with E-state index in [9.17, 15) is 4.79 Å². The summed E-state index contributed by atoms with van der Waals surface area (Å²) in [6, 6.07) is 6.39. The van der Waals surface area contributed by atoms with Crippen molar-refractivity contribution in [3.05, 3.63) is 39.8 Å². The Hall–Kier alpha value is -1.70. The summed E-state index contributed by atoms with van der Waals surface area (Å²) in [5.41, 5.74) is 1.94. The normalized spacial score (nSPS) is 16.9. The van der Waals surface area contributed by atoms with Crippen LogP contribution in [0.5, 0.6) is 0 Å². The third-order valence-corrected chi connectivity index (χ3v) is 5.22. The Morgan fingerprint density at radius 3 is 2.83 bits per heavy atom. The fourth-order valence-electron chi connectivity index (χ4n) is 3.02. The number of aromatic nitrogens is 2. The van der Waals surface area contributed by atoms with Crippen LogP contribution in [0.4, 0.5) is 0 Å². The Morgan fingerprint density at radius 1 is 1.42 bits per heavy atom. The molecule has 1 amide bonds. The van der Waals surface area contributed by atoms with Gasteiger partial charge in [0.15, 0.2) is 0 Å². The molecule has 6 nitrogen and oxygen atoms in total. The Bertz CT molecular complexity index is 662. The molecule has 130 valence electrons. The van der Waals surface area contributed by atoms with E-state index in [-0.39, 0.29) is 18.5 Å². The molecule has 3 heterocycles. The zero-order valence-corrected chi connectivity index (χ0v) is 15.0. The molecule has 2 aromatic heterocycles. The van der Waals surface area contributed by atoms with Gasteiger partial charge in [0.2, 0.25) is 5.91 Å². The summed E-state index contributed by atoms with van der Waals surface area (Å²) < 4.78 is 7.20. The van der Waals surface area contributed by atoms with Crippen molar-refractivity contribution in [3.8, 4) is 0 Å². The van der Waals surface area contributed by atoms with E-state index in [1.165, 1.54) is 4.88 Å². The van der Waals surface area contributed by atoms with Crippen molar-refractivity contribution in [2.45, 2.75) is 26.4 Å². The quantitative estimate of drug-likeness (QED) is 0.864. The van der Waals surface area contributed by atoms with Gasteiger partial charge in [-0.25, -0.2) is 0 Å². The van der Waals surface area contributed by atoms with Crippen LogP contribution in [0.2, 0.25) is 0 Å². The monoisotopic (exact) mass is 348 g/mol. The molecule has 2 aromatic rings. The maximum atomic E-state index is 12.3. The minimum absolute atomic E-state index is 0.00369. The highest BCUT2D eigenvalue weighted by Crippen LogP contribution is 2.25. The van der Waals surface area contributed by atoms with Gasteiger partial charge in [0, 0.05) is 30.2 Å². The lowest BCUT2D eigenvalue weighted by molar-refractivity contribution is -0.122. The predicted molar refractivity (Wildman–Crippen MR) is 94.2 cm³/mol. The Labute approximate surface area is 146 Å². The van der Waals surface area contributed by atoms with E-state index in [0.717, 1.165) is 37.7 Å². The largest absolute Gasteiger partial charge is 0.379 e. The smallest absolute Gasteiger partial charge is 0.241 e. The number of nitrogens with one attached hydrogen (secondary N) is 1. The number of aryl methyl sites for hydroxylation is 2. The number of hydrogen-bond acceptors (Lipinski definition) is 5. The molecule has 1 N–H and O–H groups in total. The topological polar surface area (TPSA) is 59.4 Å².